The van der Waals surface area contributed by atoms with Crippen molar-refractivity contribution in [2.24, 2.45) is 0 Å². The largest absolute Gasteiger partial charge is 0.394 e. The first-order chi connectivity index (χ1) is 8.54. The molecule has 1 aliphatic rings. The van der Waals surface area contributed by atoms with Crippen LogP contribution < -0.4 is 0 Å². The van der Waals surface area contributed by atoms with Crippen molar-refractivity contribution in [3.63, 3.8) is 0 Å². The normalized spacial score (nSPS) is 19.3. The summed E-state index contributed by atoms with van der Waals surface area (Å²) in [5.41, 5.74) is 0.0823. The van der Waals surface area contributed by atoms with E-state index in [1.165, 1.54) is 11.0 Å². The van der Waals surface area contributed by atoms with Crippen molar-refractivity contribution in [3.8, 4) is 0 Å². The molecule has 1 aliphatic heterocycles. The van der Waals surface area contributed by atoms with Crippen LogP contribution in [0, 0.1) is 5.82 Å². The SMILES string of the molecule is O=C(c1cc(F)c(Cl)cc1Cl)N1CCC[C@@H]1CO. The molecule has 0 aliphatic carbocycles. The van der Waals surface area contributed by atoms with E-state index in [9.17, 15) is 14.3 Å². The maximum atomic E-state index is 13.4. The zero-order valence-electron chi connectivity index (χ0n) is 9.50. The van der Waals surface area contributed by atoms with Gasteiger partial charge in [-0.3, -0.25) is 4.79 Å². The fourth-order valence-electron chi connectivity index (χ4n) is 2.13. The van der Waals surface area contributed by atoms with Gasteiger partial charge >= 0.3 is 0 Å². The van der Waals surface area contributed by atoms with Gasteiger partial charge in [0.2, 0.25) is 0 Å². The van der Waals surface area contributed by atoms with Gasteiger partial charge in [0, 0.05) is 6.54 Å². The van der Waals surface area contributed by atoms with Crippen molar-refractivity contribution >= 4 is 29.1 Å². The maximum absolute atomic E-state index is 13.4. The third-order valence-electron chi connectivity index (χ3n) is 3.09. The van der Waals surface area contributed by atoms with Crippen LogP contribution >= 0.6 is 23.2 Å². The highest BCUT2D eigenvalue weighted by molar-refractivity contribution is 6.36. The predicted molar refractivity (Wildman–Crippen MR) is 67.6 cm³/mol. The van der Waals surface area contributed by atoms with Gasteiger partial charge in [0.05, 0.1) is 28.3 Å². The summed E-state index contributed by atoms with van der Waals surface area (Å²) in [6, 6.07) is 2.04. The van der Waals surface area contributed by atoms with Gasteiger partial charge in [-0.05, 0) is 25.0 Å². The van der Waals surface area contributed by atoms with Crippen molar-refractivity contribution in [2.75, 3.05) is 13.2 Å². The van der Waals surface area contributed by atoms with Crippen molar-refractivity contribution in [2.45, 2.75) is 18.9 Å². The van der Waals surface area contributed by atoms with Crippen LogP contribution in [0.5, 0.6) is 0 Å². The van der Waals surface area contributed by atoms with Gasteiger partial charge in [0.25, 0.3) is 5.91 Å². The minimum Gasteiger partial charge on any atom is -0.394 e. The van der Waals surface area contributed by atoms with Crippen LogP contribution in [-0.2, 0) is 0 Å². The van der Waals surface area contributed by atoms with Gasteiger partial charge in [0.15, 0.2) is 0 Å². The summed E-state index contributed by atoms with van der Waals surface area (Å²) in [5, 5.41) is 9.18. The van der Waals surface area contributed by atoms with Crippen LogP contribution in [0.15, 0.2) is 12.1 Å². The molecule has 0 bridgehead atoms. The first kappa shape index (κ1) is 13.6. The summed E-state index contributed by atoms with van der Waals surface area (Å²) < 4.78 is 13.4. The molecule has 0 aromatic heterocycles. The van der Waals surface area contributed by atoms with Gasteiger partial charge in [0.1, 0.15) is 5.82 Å². The van der Waals surface area contributed by atoms with Crippen LogP contribution in [0.25, 0.3) is 0 Å². The fourth-order valence-corrected chi connectivity index (χ4v) is 2.60. The second-order valence-corrected chi connectivity index (χ2v) is 5.04. The Hall–Kier alpha value is -0.840. The van der Waals surface area contributed by atoms with Crippen LogP contribution in [0.1, 0.15) is 23.2 Å². The lowest BCUT2D eigenvalue weighted by molar-refractivity contribution is 0.0677. The van der Waals surface area contributed by atoms with Crippen molar-refractivity contribution < 1.29 is 14.3 Å². The summed E-state index contributed by atoms with van der Waals surface area (Å²) in [5.74, 6) is -1.05. The lowest BCUT2D eigenvalue weighted by atomic mass is 10.1. The number of nitrogens with zero attached hydrogens (tertiary/aromatic N) is 1. The van der Waals surface area contributed by atoms with E-state index in [1.54, 1.807) is 0 Å². The lowest BCUT2D eigenvalue weighted by Gasteiger charge is -2.23. The number of rotatable bonds is 2. The highest BCUT2D eigenvalue weighted by Crippen LogP contribution is 2.27. The lowest BCUT2D eigenvalue weighted by Crippen LogP contribution is -2.37. The zero-order valence-corrected chi connectivity index (χ0v) is 11.0. The van der Waals surface area contributed by atoms with Crippen LogP contribution in [0.4, 0.5) is 4.39 Å². The molecule has 98 valence electrons. The van der Waals surface area contributed by atoms with E-state index in [0.29, 0.717) is 6.54 Å². The summed E-state index contributed by atoms with van der Waals surface area (Å²) in [6.45, 7) is 0.448. The minimum atomic E-state index is -0.677. The van der Waals surface area contributed by atoms with Crippen LogP contribution in [0.3, 0.4) is 0 Å². The van der Waals surface area contributed by atoms with Gasteiger partial charge in [-0.25, -0.2) is 4.39 Å². The Morgan fingerprint density at radius 3 is 2.83 bits per heavy atom. The van der Waals surface area contributed by atoms with Gasteiger partial charge in [-0.1, -0.05) is 23.2 Å². The van der Waals surface area contributed by atoms with E-state index in [0.717, 1.165) is 18.9 Å². The van der Waals surface area contributed by atoms with Crippen molar-refractivity contribution in [1.82, 2.24) is 4.90 Å². The quantitative estimate of drug-likeness (QED) is 0.851. The average molecular weight is 292 g/mol. The molecule has 0 unspecified atom stereocenters. The third-order valence-corrected chi connectivity index (χ3v) is 3.69. The third kappa shape index (κ3) is 2.46. The molecular weight excluding hydrogens is 280 g/mol. The van der Waals surface area contributed by atoms with E-state index in [-0.39, 0.29) is 34.2 Å². The number of carbonyl (C=O) groups is 1. The number of aliphatic hydroxyl groups excluding tert-OH is 1. The molecule has 0 spiro atoms. The Morgan fingerprint density at radius 1 is 1.44 bits per heavy atom. The summed E-state index contributed by atoms with van der Waals surface area (Å²) in [7, 11) is 0. The number of likely N-dealkylation sites (tertiary alicyclic amines) is 1. The second kappa shape index (κ2) is 5.43. The highest BCUT2D eigenvalue weighted by atomic mass is 35.5. The van der Waals surface area contributed by atoms with E-state index in [4.69, 9.17) is 23.2 Å². The number of hydrogen-bond donors (Lipinski definition) is 1. The molecule has 0 saturated carbocycles. The standard InChI is InChI=1S/C12H12Cl2FNO2/c13-9-5-10(14)11(15)4-8(9)12(18)16-3-1-2-7(16)6-17/h4-5,7,17H,1-3,6H2/t7-/m1/s1. The average Bonchev–Trinajstić information content (AvgIpc) is 2.81. The molecule has 1 heterocycles. The highest BCUT2D eigenvalue weighted by Gasteiger charge is 2.30. The molecule has 18 heavy (non-hydrogen) atoms. The smallest absolute Gasteiger partial charge is 0.255 e. The summed E-state index contributed by atoms with van der Waals surface area (Å²) >= 11 is 11.5. The molecule has 1 N–H and O–H groups in total. The molecule has 0 radical (unpaired) electrons. The topological polar surface area (TPSA) is 40.5 Å². The number of aliphatic hydroxyl groups is 1. The Morgan fingerprint density at radius 2 is 2.17 bits per heavy atom. The van der Waals surface area contributed by atoms with Gasteiger partial charge in [-0.15, -0.1) is 0 Å². The minimum absolute atomic E-state index is 0.0823. The van der Waals surface area contributed by atoms with Crippen molar-refractivity contribution in [1.29, 1.82) is 0 Å². The molecule has 1 saturated heterocycles. The molecule has 2 rings (SSSR count). The first-order valence-electron chi connectivity index (χ1n) is 5.61. The van der Waals surface area contributed by atoms with E-state index in [2.05, 4.69) is 0 Å². The molecule has 1 fully saturated rings. The second-order valence-electron chi connectivity index (χ2n) is 4.22. The molecule has 6 heteroatoms. The molecular formula is C12H12Cl2FNO2. The Labute approximate surface area is 114 Å². The molecule has 3 nitrogen and oxygen atoms in total. The summed E-state index contributed by atoms with van der Waals surface area (Å²) in [6.07, 6.45) is 1.57. The molecule has 1 aromatic carbocycles. The summed E-state index contributed by atoms with van der Waals surface area (Å²) in [4.78, 5) is 13.7. The number of halogens is 3. The van der Waals surface area contributed by atoms with Crippen molar-refractivity contribution in [3.05, 3.63) is 33.6 Å². The van der Waals surface area contributed by atoms with Crippen LogP contribution in [-0.4, -0.2) is 35.1 Å². The first-order valence-corrected chi connectivity index (χ1v) is 6.36. The van der Waals surface area contributed by atoms with E-state index < -0.39 is 5.82 Å². The maximum Gasteiger partial charge on any atom is 0.255 e. The Kier molecular flexibility index (Phi) is 4.10. The predicted octanol–water partition coefficient (Wildman–Crippen LogP) is 2.73. The Bertz CT molecular complexity index is 481. The van der Waals surface area contributed by atoms with E-state index >= 15 is 0 Å². The molecule has 1 atom stereocenters. The number of carbonyl (C=O) groups excluding carboxylic acids is 1. The molecule has 1 aromatic rings. The van der Waals surface area contributed by atoms with Gasteiger partial charge < -0.3 is 10.0 Å². The van der Waals surface area contributed by atoms with E-state index in [1.807, 2.05) is 0 Å². The van der Waals surface area contributed by atoms with Crippen LogP contribution in [0.2, 0.25) is 10.0 Å². The number of benzene rings is 1. The Balaban J connectivity index is 2.31. The molecule has 1 amide bonds. The monoisotopic (exact) mass is 291 g/mol. The number of amides is 1. The fraction of sp³-hybridized carbons (Fsp3) is 0.417. The zero-order chi connectivity index (χ0) is 13.3. The van der Waals surface area contributed by atoms with Gasteiger partial charge in [-0.2, -0.15) is 0 Å². The number of hydrogen-bond acceptors (Lipinski definition) is 2.